The molecule has 2 aliphatic rings. The van der Waals surface area contributed by atoms with Gasteiger partial charge in [0, 0.05) is 29.9 Å². The lowest BCUT2D eigenvalue weighted by molar-refractivity contribution is 0.948. The normalized spacial score (nSPS) is 16.9. The average molecular weight is 208 g/mol. The number of benzene rings is 1. The Labute approximate surface area is 94.1 Å². The molecule has 16 heavy (non-hydrogen) atoms. The van der Waals surface area contributed by atoms with Gasteiger partial charge in [-0.15, -0.1) is 0 Å². The van der Waals surface area contributed by atoms with E-state index in [1.54, 1.807) is 0 Å². The van der Waals surface area contributed by atoms with Crippen molar-refractivity contribution in [2.45, 2.75) is 6.42 Å². The third-order valence-electron chi connectivity index (χ3n) is 3.42. The first-order valence-electron chi connectivity index (χ1n) is 5.67. The first-order valence-corrected chi connectivity index (χ1v) is 5.67. The molecule has 0 aliphatic carbocycles. The topological polar surface area (TPSA) is 8.17 Å². The second-order valence-corrected chi connectivity index (χ2v) is 4.32. The van der Waals surface area contributed by atoms with Crippen molar-refractivity contribution in [2.24, 2.45) is 0 Å². The van der Waals surface area contributed by atoms with E-state index in [-0.39, 0.29) is 0 Å². The van der Waals surface area contributed by atoms with Crippen LogP contribution in [0, 0.1) is 0 Å². The predicted molar refractivity (Wildman–Crippen MR) is 67.5 cm³/mol. The van der Waals surface area contributed by atoms with E-state index in [9.17, 15) is 0 Å². The molecule has 0 radical (unpaired) electrons. The largest absolute Gasteiger partial charge is 0.330 e. The highest BCUT2D eigenvalue weighted by molar-refractivity contribution is 5.93. The van der Waals surface area contributed by atoms with Crippen molar-refractivity contribution in [1.82, 2.24) is 4.57 Å². The van der Waals surface area contributed by atoms with Gasteiger partial charge in [-0.3, -0.25) is 0 Å². The van der Waals surface area contributed by atoms with Crippen LogP contribution in [-0.2, 0) is 6.42 Å². The molecule has 3 heterocycles. The lowest BCUT2D eigenvalue weighted by Gasteiger charge is -2.27. The minimum atomic E-state index is 0.986. The maximum Gasteiger partial charge on any atom is 0.121 e. The number of rotatable bonds is 0. The van der Waals surface area contributed by atoms with Gasteiger partial charge in [-0.25, -0.2) is 0 Å². The molecular formula is C14H12N2. The lowest BCUT2D eigenvalue weighted by atomic mass is 10.1. The van der Waals surface area contributed by atoms with Gasteiger partial charge < -0.3 is 9.47 Å². The summed E-state index contributed by atoms with van der Waals surface area (Å²) < 4.78 is 2.30. The molecule has 0 N–H and O–H groups in total. The van der Waals surface area contributed by atoms with E-state index < -0.39 is 0 Å². The number of anilines is 1. The zero-order chi connectivity index (χ0) is 10.5. The van der Waals surface area contributed by atoms with Gasteiger partial charge in [0.1, 0.15) is 5.82 Å². The number of para-hydroxylation sites is 1. The van der Waals surface area contributed by atoms with Crippen molar-refractivity contribution in [3.63, 3.8) is 0 Å². The molecule has 0 atom stereocenters. The monoisotopic (exact) mass is 208 g/mol. The summed E-state index contributed by atoms with van der Waals surface area (Å²) in [4.78, 5) is 2.32. The number of fused-ring (bicyclic) bond motifs is 3. The molecule has 0 bridgehead atoms. The first kappa shape index (κ1) is 8.22. The smallest absolute Gasteiger partial charge is 0.121 e. The Morgan fingerprint density at radius 3 is 2.94 bits per heavy atom. The van der Waals surface area contributed by atoms with Gasteiger partial charge in [0.15, 0.2) is 0 Å². The summed E-state index contributed by atoms with van der Waals surface area (Å²) in [6, 6.07) is 8.65. The van der Waals surface area contributed by atoms with E-state index in [0.717, 1.165) is 13.0 Å². The van der Waals surface area contributed by atoms with Crippen molar-refractivity contribution in [2.75, 3.05) is 11.4 Å². The fraction of sp³-hybridized carbons (Fsp3) is 0.143. The number of hydrogen-bond acceptors (Lipinski definition) is 1. The fourth-order valence-corrected chi connectivity index (χ4v) is 2.76. The Hall–Kier alpha value is -1.96. The van der Waals surface area contributed by atoms with E-state index >= 15 is 0 Å². The van der Waals surface area contributed by atoms with Crippen molar-refractivity contribution >= 4 is 22.9 Å². The van der Waals surface area contributed by atoms with Crippen molar-refractivity contribution in [1.29, 1.82) is 0 Å². The molecule has 0 fully saturated rings. The van der Waals surface area contributed by atoms with E-state index in [0.29, 0.717) is 0 Å². The quantitative estimate of drug-likeness (QED) is 0.646. The van der Waals surface area contributed by atoms with Crippen LogP contribution in [0.4, 0.5) is 5.82 Å². The van der Waals surface area contributed by atoms with Crippen LogP contribution >= 0.6 is 0 Å². The van der Waals surface area contributed by atoms with Crippen molar-refractivity contribution in [3.8, 4) is 0 Å². The zero-order valence-electron chi connectivity index (χ0n) is 8.93. The molecule has 1 aromatic carbocycles. The van der Waals surface area contributed by atoms with Crippen molar-refractivity contribution < 1.29 is 0 Å². The minimum absolute atomic E-state index is 0.986. The Bertz CT molecular complexity index is 631. The summed E-state index contributed by atoms with van der Waals surface area (Å²) in [5.41, 5.74) is 2.78. The molecule has 2 aliphatic heterocycles. The summed E-state index contributed by atoms with van der Waals surface area (Å²) in [5, 5.41) is 1.39. The Kier molecular flexibility index (Phi) is 1.43. The average Bonchev–Trinajstić information content (AvgIpc) is 2.68. The van der Waals surface area contributed by atoms with Gasteiger partial charge in [0.25, 0.3) is 0 Å². The minimum Gasteiger partial charge on any atom is -0.330 e. The molecule has 0 amide bonds. The van der Waals surface area contributed by atoms with Gasteiger partial charge in [0.2, 0.25) is 0 Å². The molecule has 1 aromatic heterocycles. The van der Waals surface area contributed by atoms with Crippen LogP contribution in [0.25, 0.3) is 17.1 Å². The van der Waals surface area contributed by atoms with Gasteiger partial charge in [-0.2, -0.15) is 0 Å². The summed E-state index contributed by atoms with van der Waals surface area (Å²) in [7, 11) is 0. The summed E-state index contributed by atoms with van der Waals surface area (Å²) >= 11 is 0. The highest BCUT2D eigenvalue weighted by Crippen LogP contribution is 2.37. The van der Waals surface area contributed by atoms with Crippen LogP contribution in [0.15, 0.2) is 42.6 Å². The van der Waals surface area contributed by atoms with E-state index in [1.165, 1.54) is 22.3 Å². The van der Waals surface area contributed by atoms with Crippen LogP contribution < -0.4 is 4.90 Å². The standard InChI is InChI=1S/C14H12N2/c1-2-7-13-11(5-1)12-6-3-8-15-9-4-10-16(13)14(12)15/h1-5,7-8,10H,6,9H2. The third kappa shape index (κ3) is 0.871. The number of allylic oxidation sites excluding steroid dienone is 1. The Morgan fingerprint density at radius 1 is 1.00 bits per heavy atom. The van der Waals surface area contributed by atoms with Gasteiger partial charge in [-0.1, -0.05) is 24.3 Å². The molecule has 2 aromatic rings. The fourth-order valence-electron chi connectivity index (χ4n) is 2.76. The molecule has 0 unspecified atom stereocenters. The molecule has 0 saturated heterocycles. The third-order valence-corrected chi connectivity index (χ3v) is 3.42. The van der Waals surface area contributed by atoms with Crippen molar-refractivity contribution in [3.05, 3.63) is 48.2 Å². The molecule has 2 heteroatoms. The summed E-state index contributed by atoms with van der Waals surface area (Å²) in [5.74, 6) is 1.35. The molecule has 0 spiro atoms. The Morgan fingerprint density at radius 2 is 1.94 bits per heavy atom. The second kappa shape index (κ2) is 2.79. The molecule has 4 rings (SSSR count). The van der Waals surface area contributed by atoms with Gasteiger partial charge in [0.05, 0.1) is 5.52 Å². The summed E-state index contributed by atoms with van der Waals surface area (Å²) in [6.45, 7) is 0.986. The SMILES string of the molecule is C1=CN2CC=Cn3c2c(c2ccccc23)C1. The molecule has 2 nitrogen and oxygen atoms in total. The summed E-state index contributed by atoms with van der Waals surface area (Å²) in [6.07, 6.45) is 9.89. The zero-order valence-corrected chi connectivity index (χ0v) is 8.93. The van der Waals surface area contributed by atoms with Crippen LogP contribution in [0.3, 0.4) is 0 Å². The predicted octanol–water partition coefficient (Wildman–Crippen LogP) is 3.00. The highest BCUT2D eigenvalue weighted by atomic mass is 15.2. The maximum absolute atomic E-state index is 2.32. The molecule has 78 valence electrons. The van der Waals surface area contributed by atoms with Gasteiger partial charge >= 0.3 is 0 Å². The van der Waals surface area contributed by atoms with Gasteiger partial charge in [-0.05, 0) is 18.6 Å². The van der Waals surface area contributed by atoms with E-state index in [2.05, 4.69) is 58.3 Å². The van der Waals surface area contributed by atoms with E-state index in [1.807, 2.05) is 0 Å². The van der Waals surface area contributed by atoms with Crippen LogP contribution in [0.5, 0.6) is 0 Å². The highest BCUT2D eigenvalue weighted by Gasteiger charge is 2.22. The first-order chi connectivity index (χ1) is 7.95. The number of hydrogen-bond donors (Lipinski definition) is 0. The molecular weight excluding hydrogens is 196 g/mol. The van der Waals surface area contributed by atoms with E-state index in [4.69, 9.17) is 0 Å². The second-order valence-electron chi connectivity index (χ2n) is 4.32. The van der Waals surface area contributed by atoms with Crippen LogP contribution in [0.2, 0.25) is 0 Å². The number of nitrogens with zero attached hydrogens (tertiary/aromatic N) is 2. The Balaban J connectivity index is 2.20. The van der Waals surface area contributed by atoms with Crippen LogP contribution in [0.1, 0.15) is 5.56 Å². The molecule has 0 saturated carbocycles. The van der Waals surface area contributed by atoms with Crippen LogP contribution in [-0.4, -0.2) is 11.1 Å². The number of aromatic nitrogens is 1. The maximum atomic E-state index is 2.32. The lowest BCUT2D eigenvalue weighted by Crippen LogP contribution is -2.24.